The zero-order valence-electron chi connectivity index (χ0n) is 11.4. The number of aryl methyl sites for hydroxylation is 3. The maximum atomic E-state index is 13.5. The molecule has 1 heterocycles. The molecule has 1 aromatic heterocycles. The smallest absolute Gasteiger partial charge is 0.123 e. The molecule has 0 amide bonds. The summed E-state index contributed by atoms with van der Waals surface area (Å²) >= 11 is 0. The Morgan fingerprint density at radius 2 is 2.11 bits per heavy atom. The number of hydrogen-bond acceptors (Lipinski definition) is 3. The van der Waals surface area contributed by atoms with E-state index in [4.69, 9.17) is 5.84 Å². The summed E-state index contributed by atoms with van der Waals surface area (Å²) in [4.78, 5) is 0. The van der Waals surface area contributed by atoms with Crippen molar-refractivity contribution in [1.29, 1.82) is 0 Å². The van der Waals surface area contributed by atoms with Gasteiger partial charge in [-0.1, -0.05) is 6.07 Å². The van der Waals surface area contributed by atoms with Crippen LogP contribution in [-0.2, 0) is 6.54 Å². The molecular formula is C14H19FN4. The Morgan fingerprint density at radius 1 is 1.37 bits per heavy atom. The molecule has 2 rings (SSSR count). The number of halogens is 1. The minimum Gasteiger partial charge on any atom is -0.271 e. The van der Waals surface area contributed by atoms with Crippen molar-refractivity contribution < 1.29 is 4.39 Å². The average molecular weight is 262 g/mol. The zero-order valence-corrected chi connectivity index (χ0v) is 11.4. The van der Waals surface area contributed by atoms with Crippen LogP contribution in [0.15, 0.2) is 24.3 Å². The number of nitrogens with one attached hydrogen (secondary N) is 1. The Bertz CT molecular complexity index is 577. The summed E-state index contributed by atoms with van der Waals surface area (Å²) in [6.07, 6.45) is 0. The van der Waals surface area contributed by atoms with Crippen LogP contribution in [0.3, 0.4) is 0 Å². The number of nitrogens with zero attached hydrogens (tertiary/aromatic N) is 2. The van der Waals surface area contributed by atoms with Gasteiger partial charge in [-0.25, -0.2) is 9.82 Å². The van der Waals surface area contributed by atoms with Crippen LogP contribution in [-0.4, -0.2) is 9.78 Å². The zero-order chi connectivity index (χ0) is 14.0. The van der Waals surface area contributed by atoms with Crippen molar-refractivity contribution in [2.75, 3.05) is 0 Å². The van der Waals surface area contributed by atoms with Gasteiger partial charge in [0.05, 0.1) is 17.4 Å². The Morgan fingerprint density at radius 3 is 2.74 bits per heavy atom. The molecule has 1 aromatic carbocycles. The predicted molar refractivity (Wildman–Crippen MR) is 72.9 cm³/mol. The lowest BCUT2D eigenvalue weighted by atomic mass is 9.98. The van der Waals surface area contributed by atoms with Crippen LogP contribution in [0, 0.1) is 19.7 Å². The van der Waals surface area contributed by atoms with Gasteiger partial charge in [0.15, 0.2) is 0 Å². The Labute approximate surface area is 112 Å². The third-order valence-electron chi connectivity index (χ3n) is 3.25. The first-order valence-corrected chi connectivity index (χ1v) is 6.33. The van der Waals surface area contributed by atoms with Crippen molar-refractivity contribution in [3.05, 3.63) is 52.6 Å². The number of hydrogen-bond donors (Lipinski definition) is 2. The molecular weight excluding hydrogens is 243 g/mol. The van der Waals surface area contributed by atoms with E-state index in [1.54, 1.807) is 6.07 Å². The maximum absolute atomic E-state index is 13.5. The molecule has 0 saturated heterocycles. The van der Waals surface area contributed by atoms with E-state index in [-0.39, 0.29) is 11.9 Å². The number of nitrogens with two attached hydrogens (primary N) is 1. The lowest BCUT2D eigenvalue weighted by Gasteiger charge is -2.19. The molecule has 0 saturated carbocycles. The SMILES string of the molecule is CCn1nc(C)cc1C(NN)c1cc(F)ccc1C. The third-order valence-corrected chi connectivity index (χ3v) is 3.25. The van der Waals surface area contributed by atoms with E-state index in [9.17, 15) is 4.39 Å². The number of hydrazine groups is 1. The van der Waals surface area contributed by atoms with Crippen LogP contribution >= 0.6 is 0 Å². The molecule has 4 nitrogen and oxygen atoms in total. The minimum atomic E-state index is -0.267. The second kappa shape index (κ2) is 5.50. The molecule has 102 valence electrons. The molecule has 0 spiro atoms. The van der Waals surface area contributed by atoms with E-state index in [0.29, 0.717) is 0 Å². The summed E-state index contributed by atoms with van der Waals surface area (Å²) < 4.78 is 15.3. The highest BCUT2D eigenvalue weighted by Crippen LogP contribution is 2.25. The van der Waals surface area contributed by atoms with Gasteiger partial charge in [0.2, 0.25) is 0 Å². The predicted octanol–water partition coefficient (Wildman–Crippen LogP) is 2.21. The molecule has 0 aliphatic carbocycles. The maximum Gasteiger partial charge on any atom is 0.123 e. The lowest BCUT2D eigenvalue weighted by molar-refractivity contribution is 0.536. The van der Waals surface area contributed by atoms with E-state index < -0.39 is 0 Å². The van der Waals surface area contributed by atoms with E-state index in [0.717, 1.165) is 29.1 Å². The molecule has 0 bridgehead atoms. The first kappa shape index (κ1) is 13.7. The van der Waals surface area contributed by atoms with Gasteiger partial charge in [0, 0.05) is 6.54 Å². The molecule has 1 atom stereocenters. The van der Waals surface area contributed by atoms with Gasteiger partial charge in [0.25, 0.3) is 0 Å². The molecule has 2 aromatic rings. The summed E-state index contributed by atoms with van der Waals surface area (Å²) in [6.45, 7) is 6.64. The van der Waals surface area contributed by atoms with Crippen molar-refractivity contribution in [3.8, 4) is 0 Å². The second-order valence-corrected chi connectivity index (χ2v) is 4.63. The lowest BCUT2D eigenvalue weighted by Crippen LogP contribution is -2.31. The molecule has 19 heavy (non-hydrogen) atoms. The molecule has 5 heteroatoms. The number of rotatable bonds is 4. The first-order valence-electron chi connectivity index (χ1n) is 6.33. The fourth-order valence-electron chi connectivity index (χ4n) is 2.31. The first-order chi connectivity index (χ1) is 9.06. The fraction of sp³-hybridized carbons (Fsp3) is 0.357. The summed E-state index contributed by atoms with van der Waals surface area (Å²) in [5.74, 6) is 5.41. The van der Waals surface area contributed by atoms with Crippen molar-refractivity contribution in [2.24, 2.45) is 5.84 Å². The highest BCUT2D eigenvalue weighted by atomic mass is 19.1. The third kappa shape index (κ3) is 2.67. The topological polar surface area (TPSA) is 55.9 Å². The summed E-state index contributed by atoms with van der Waals surface area (Å²) in [6, 6.07) is 6.43. The molecule has 0 aliphatic rings. The van der Waals surface area contributed by atoms with E-state index in [1.165, 1.54) is 12.1 Å². The number of aromatic nitrogens is 2. The van der Waals surface area contributed by atoms with Crippen LogP contribution in [0.1, 0.15) is 35.5 Å². The van der Waals surface area contributed by atoms with Crippen LogP contribution in [0.25, 0.3) is 0 Å². The van der Waals surface area contributed by atoms with Crippen LogP contribution in [0.4, 0.5) is 4.39 Å². The molecule has 1 unspecified atom stereocenters. The number of benzene rings is 1. The highest BCUT2D eigenvalue weighted by Gasteiger charge is 2.20. The van der Waals surface area contributed by atoms with Gasteiger partial charge >= 0.3 is 0 Å². The molecule has 0 aliphatic heterocycles. The van der Waals surface area contributed by atoms with Crippen molar-refractivity contribution in [1.82, 2.24) is 15.2 Å². The molecule has 0 radical (unpaired) electrons. The quantitative estimate of drug-likeness (QED) is 0.656. The Balaban J connectivity index is 2.52. The van der Waals surface area contributed by atoms with Crippen molar-refractivity contribution in [3.63, 3.8) is 0 Å². The van der Waals surface area contributed by atoms with Gasteiger partial charge in [0.1, 0.15) is 5.82 Å². The largest absolute Gasteiger partial charge is 0.271 e. The van der Waals surface area contributed by atoms with Crippen molar-refractivity contribution in [2.45, 2.75) is 33.4 Å². The van der Waals surface area contributed by atoms with Gasteiger partial charge < -0.3 is 0 Å². The molecule has 0 fully saturated rings. The monoisotopic (exact) mass is 262 g/mol. The van der Waals surface area contributed by atoms with Gasteiger partial charge in [-0.2, -0.15) is 5.10 Å². The highest BCUT2D eigenvalue weighted by molar-refractivity contribution is 5.35. The average Bonchev–Trinajstić information content (AvgIpc) is 2.76. The summed E-state index contributed by atoms with van der Waals surface area (Å²) in [5.41, 5.74) is 6.45. The van der Waals surface area contributed by atoms with Crippen LogP contribution < -0.4 is 11.3 Å². The Kier molecular flexibility index (Phi) is 3.97. The normalized spacial score (nSPS) is 12.7. The fourth-order valence-corrected chi connectivity index (χ4v) is 2.31. The van der Waals surface area contributed by atoms with Crippen LogP contribution in [0.2, 0.25) is 0 Å². The van der Waals surface area contributed by atoms with Gasteiger partial charge in [-0.15, -0.1) is 0 Å². The van der Waals surface area contributed by atoms with Crippen LogP contribution in [0.5, 0.6) is 0 Å². The van der Waals surface area contributed by atoms with Gasteiger partial charge in [-0.05, 0) is 50.1 Å². The van der Waals surface area contributed by atoms with Crippen molar-refractivity contribution >= 4 is 0 Å². The van der Waals surface area contributed by atoms with E-state index >= 15 is 0 Å². The Hall–Kier alpha value is -1.72. The molecule has 3 N–H and O–H groups in total. The van der Waals surface area contributed by atoms with Gasteiger partial charge in [-0.3, -0.25) is 10.5 Å². The van der Waals surface area contributed by atoms with E-state index in [2.05, 4.69) is 10.5 Å². The minimum absolute atomic E-state index is 0.264. The standard InChI is InChI=1S/C14H19FN4/c1-4-19-13(7-10(3)18-19)14(17-16)12-8-11(15)6-5-9(12)2/h5-8,14,17H,4,16H2,1-3H3. The van der Waals surface area contributed by atoms with E-state index in [1.807, 2.05) is 31.5 Å². The second-order valence-electron chi connectivity index (χ2n) is 4.63. The summed E-state index contributed by atoms with van der Waals surface area (Å²) in [5, 5.41) is 4.40. The summed E-state index contributed by atoms with van der Waals surface area (Å²) in [7, 11) is 0.